The van der Waals surface area contributed by atoms with E-state index in [1.807, 2.05) is 18.2 Å². The summed E-state index contributed by atoms with van der Waals surface area (Å²) in [6.07, 6.45) is 0.521. The van der Waals surface area contributed by atoms with Gasteiger partial charge >= 0.3 is 0 Å². The molecule has 0 aliphatic heterocycles. The van der Waals surface area contributed by atoms with E-state index in [2.05, 4.69) is 16.9 Å². The van der Waals surface area contributed by atoms with Crippen LogP contribution in [0.25, 0.3) is 16.6 Å². The van der Waals surface area contributed by atoms with E-state index in [0.29, 0.717) is 23.2 Å². The molecule has 0 saturated heterocycles. The number of fused-ring (bicyclic) bond motifs is 1. The molecule has 0 aliphatic rings. The lowest BCUT2D eigenvalue weighted by molar-refractivity contribution is -0.108. The van der Waals surface area contributed by atoms with Crippen molar-refractivity contribution >= 4 is 23.0 Å². The number of carbonyl (C=O) groups excluding carboxylic acids is 1. The van der Waals surface area contributed by atoms with Crippen molar-refractivity contribution in [3.05, 3.63) is 36.5 Å². The van der Waals surface area contributed by atoms with Gasteiger partial charge in [0.2, 0.25) is 6.41 Å². The van der Waals surface area contributed by atoms with Gasteiger partial charge in [-0.1, -0.05) is 18.7 Å². The molecule has 2 rings (SSSR count). The molecule has 1 heterocycles. The van der Waals surface area contributed by atoms with Gasteiger partial charge in [0.05, 0.1) is 5.70 Å². The molecule has 0 radical (unpaired) electrons. The lowest BCUT2D eigenvalue weighted by Gasteiger charge is -2.00. The van der Waals surface area contributed by atoms with Crippen LogP contribution in [-0.2, 0) is 4.79 Å². The second kappa shape index (κ2) is 3.49. The first-order chi connectivity index (χ1) is 7.24. The molecule has 0 spiro atoms. The molecule has 0 saturated carbocycles. The molecule has 2 aromatic rings. The predicted molar refractivity (Wildman–Crippen MR) is 58.2 cm³/mol. The zero-order valence-electron chi connectivity index (χ0n) is 7.95. The van der Waals surface area contributed by atoms with Crippen molar-refractivity contribution in [2.75, 3.05) is 0 Å². The van der Waals surface area contributed by atoms with Crippen LogP contribution in [0.5, 0.6) is 5.75 Å². The van der Waals surface area contributed by atoms with Crippen molar-refractivity contribution in [2.24, 2.45) is 0 Å². The van der Waals surface area contributed by atoms with Gasteiger partial charge in [-0.2, -0.15) is 0 Å². The molecular weight excluding hydrogens is 192 g/mol. The van der Waals surface area contributed by atoms with Gasteiger partial charge in [0, 0.05) is 10.9 Å². The number of carbonyl (C=O) groups is 1. The number of nitrogens with one attached hydrogen (secondary N) is 2. The number of hydrogen-bond acceptors (Lipinski definition) is 2. The second-order valence-electron chi connectivity index (χ2n) is 3.13. The van der Waals surface area contributed by atoms with E-state index >= 15 is 0 Å². The van der Waals surface area contributed by atoms with E-state index in [1.54, 1.807) is 6.07 Å². The number of hydrogen-bond donors (Lipinski definition) is 3. The highest BCUT2D eigenvalue weighted by atomic mass is 16.3. The molecule has 0 aliphatic carbocycles. The van der Waals surface area contributed by atoms with Crippen LogP contribution in [-0.4, -0.2) is 16.5 Å². The van der Waals surface area contributed by atoms with Crippen LogP contribution in [0.3, 0.4) is 0 Å². The van der Waals surface area contributed by atoms with E-state index in [4.69, 9.17) is 0 Å². The van der Waals surface area contributed by atoms with Crippen molar-refractivity contribution in [1.82, 2.24) is 10.3 Å². The number of rotatable bonds is 3. The third kappa shape index (κ3) is 1.46. The van der Waals surface area contributed by atoms with Crippen molar-refractivity contribution in [1.29, 1.82) is 0 Å². The predicted octanol–water partition coefficient (Wildman–Crippen LogP) is 1.59. The van der Waals surface area contributed by atoms with E-state index in [-0.39, 0.29) is 5.75 Å². The molecule has 0 atom stereocenters. The smallest absolute Gasteiger partial charge is 0.211 e. The minimum absolute atomic E-state index is 0.102. The summed E-state index contributed by atoms with van der Waals surface area (Å²) >= 11 is 0. The fourth-order valence-corrected chi connectivity index (χ4v) is 1.49. The highest BCUT2D eigenvalue weighted by Crippen LogP contribution is 2.31. The first kappa shape index (κ1) is 9.33. The van der Waals surface area contributed by atoms with Crippen LogP contribution in [0.4, 0.5) is 0 Å². The minimum Gasteiger partial charge on any atom is -0.505 e. The number of aromatic amines is 1. The highest BCUT2D eigenvalue weighted by molar-refractivity contribution is 5.92. The van der Waals surface area contributed by atoms with Crippen LogP contribution in [0.1, 0.15) is 5.69 Å². The average Bonchev–Trinajstić information content (AvgIpc) is 2.57. The van der Waals surface area contributed by atoms with Crippen molar-refractivity contribution in [2.45, 2.75) is 0 Å². The zero-order valence-corrected chi connectivity index (χ0v) is 7.95. The van der Waals surface area contributed by atoms with E-state index < -0.39 is 0 Å². The molecule has 1 amide bonds. The van der Waals surface area contributed by atoms with E-state index in [0.717, 1.165) is 5.52 Å². The summed E-state index contributed by atoms with van der Waals surface area (Å²) in [6.45, 7) is 3.64. The summed E-state index contributed by atoms with van der Waals surface area (Å²) in [4.78, 5) is 13.2. The highest BCUT2D eigenvalue weighted by Gasteiger charge is 2.11. The van der Waals surface area contributed by atoms with Crippen LogP contribution in [0, 0.1) is 0 Å². The van der Waals surface area contributed by atoms with Gasteiger partial charge in [-0.3, -0.25) is 4.79 Å². The largest absolute Gasteiger partial charge is 0.505 e. The van der Waals surface area contributed by atoms with Gasteiger partial charge in [-0.15, -0.1) is 0 Å². The standard InChI is InChI=1S/C11H10N2O2/c1-7(12-6-14)10-11(15)8-4-2-3-5-9(8)13-10/h2-6,13,15H,1H2,(H,12,14). The molecule has 0 unspecified atom stereocenters. The molecule has 1 aromatic carbocycles. The number of aromatic hydroxyl groups is 1. The van der Waals surface area contributed by atoms with Crippen molar-refractivity contribution in [3.8, 4) is 5.75 Å². The van der Waals surface area contributed by atoms with Gasteiger partial charge < -0.3 is 15.4 Å². The second-order valence-corrected chi connectivity index (χ2v) is 3.13. The molecule has 4 nitrogen and oxygen atoms in total. The Morgan fingerprint density at radius 1 is 1.47 bits per heavy atom. The molecule has 0 bridgehead atoms. The fraction of sp³-hybridized carbons (Fsp3) is 0. The van der Waals surface area contributed by atoms with Crippen LogP contribution in [0.2, 0.25) is 0 Å². The molecule has 76 valence electrons. The SMILES string of the molecule is C=C(NC=O)c1[nH]c2ccccc2c1O. The summed E-state index contributed by atoms with van der Waals surface area (Å²) in [6, 6.07) is 7.32. The Hall–Kier alpha value is -2.23. The first-order valence-electron chi connectivity index (χ1n) is 4.43. The number of amides is 1. The van der Waals surface area contributed by atoms with Crippen molar-refractivity contribution < 1.29 is 9.90 Å². The molecule has 1 aromatic heterocycles. The lowest BCUT2D eigenvalue weighted by atomic mass is 10.2. The summed E-state index contributed by atoms with van der Waals surface area (Å²) in [5.74, 6) is 0.102. The van der Waals surface area contributed by atoms with Crippen LogP contribution in [0.15, 0.2) is 30.8 Å². The topological polar surface area (TPSA) is 65.1 Å². The Morgan fingerprint density at radius 2 is 2.20 bits per heavy atom. The van der Waals surface area contributed by atoms with E-state index in [1.165, 1.54) is 0 Å². The zero-order chi connectivity index (χ0) is 10.8. The maximum absolute atomic E-state index is 10.2. The summed E-state index contributed by atoms with van der Waals surface area (Å²) in [7, 11) is 0. The van der Waals surface area contributed by atoms with Gasteiger partial charge in [-0.05, 0) is 12.1 Å². The fourth-order valence-electron chi connectivity index (χ4n) is 1.49. The maximum Gasteiger partial charge on any atom is 0.211 e. The third-order valence-electron chi connectivity index (χ3n) is 2.21. The molecular formula is C11H10N2O2. The van der Waals surface area contributed by atoms with Gasteiger partial charge in [0.15, 0.2) is 0 Å². The van der Waals surface area contributed by atoms with Gasteiger partial charge in [-0.25, -0.2) is 0 Å². The van der Waals surface area contributed by atoms with Crippen LogP contribution >= 0.6 is 0 Å². The monoisotopic (exact) mass is 202 g/mol. The Labute approximate surface area is 86.2 Å². The number of aromatic nitrogens is 1. The number of H-pyrrole nitrogens is 1. The molecule has 3 N–H and O–H groups in total. The van der Waals surface area contributed by atoms with Gasteiger partial charge in [0.25, 0.3) is 0 Å². The van der Waals surface area contributed by atoms with Crippen LogP contribution < -0.4 is 5.32 Å². The Bertz CT molecular complexity index is 528. The van der Waals surface area contributed by atoms with E-state index in [9.17, 15) is 9.90 Å². The quantitative estimate of drug-likeness (QED) is 0.662. The number of benzene rings is 1. The summed E-state index contributed by atoms with van der Waals surface area (Å²) in [5.41, 5.74) is 1.58. The molecule has 0 fully saturated rings. The number of para-hydroxylation sites is 1. The Kier molecular flexibility index (Phi) is 2.17. The Balaban J connectivity index is 2.57. The van der Waals surface area contributed by atoms with Gasteiger partial charge in [0.1, 0.15) is 11.4 Å². The third-order valence-corrected chi connectivity index (χ3v) is 2.21. The maximum atomic E-state index is 10.2. The Morgan fingerprint density at radius 3 is 2.87 bits per heavy atom. The lowest BCUT2D eigenvalue weighted by Crippen LogP contribution is -2.07. The summed E-state index contributed by atoms with van der Waals surface area (Å²) in [5, 5.41) is 12.9. The van der Waals surface area contributed by atoms with Crippen molar-refractivity contribution in [3.63, 3.8) is 0 Å². The first-order valence-corrected chi connectivity index (χ1v) is 4.43. The molecule has 15 heavy (non-hydrogen) atoms. The average molecular weight is 202 g/mol. The minimum atomic E-state index is 0.102. The normalized spacial score (nSPS) is 10.1. The summed E-state index contributed by atoms with van der Waals surface area (Å²) < 4.78 is 0. The molecule has 4 heteroatoms.